The van der Waals surface area contributed by atoms with Gasteiger partial charge >= 0.3 is 0 Å². The highest BCUT2D eigenvalue weighted by molar-refractivity contribution is 5.92. The molecule has 2 aliphatic rings. The highest BCUT2D eigenvalue weighted by atomic mass is 35.5. The molecule has 2 aliphatic heterocycles. The predicted octanol–water partition coefficient (Wildman–Crippen LogP) is 2.79. The van der Waals surface area contributed by atoms with Crippen LogP contribution >= 0.6 is 24.8 Å². The Balaban J connectivity index is 0.00000150. The number of likely N-dealkylation sites (N-methyl/N-ethyl adjacent to an activating group) is 1. The first-order chi connectivity index (χ1) is 13.2. The standard InChI is InChI=1S/C20H28N6O.2ClH/c1-24(18-8-5-13-25(14-18)16-6-3-2-4-7-16)20(27)19-15-26(23-22-19)17-9-11-21-12-10-17;;/h2-4,6-7,15,17-18,21H,5,8-14H2,1H3;2*1H. The largest absolute Gasteiger partial charge is 0.369 e. The lowest BCUT2D eigenvalue weighted by molar-refractivity contribution is 0.0711. The average molecular weight is 441 g/mol. The zero-order chi connectivity index (χ0) is 18.6. The monoisotopic (exact) mass is 440 g/mol. The number of carbonyl (C=O) groups excluding carboxylic acids is 1. The van der Waals surface area contributed by atoms with Crippen LogP contribution in [0.5, 0.6) is 0 Å². The Labute approximate surface area is 184 Å². The highest BCUT2D eigenvalue weighted by Crippen LogP contribution is 2.23. The van der Waals surface area contributed by atoms with E-state index >= 15 is 0 Å². The topological polar surface area (TPSA) is 66.3 Å². The van der Waals surface area contributed by atoms with Crippen LogP contribution in [0.25, 0.3) is 0 Å². The number of hydrogen-bond acceptors (Lipinski definition) is 5. The summed E-state index contributed by atoms with van der Waals surface area (Å²) in [6, 6.07) is 11.0. The van der Waals surface area contributed by atoms with E-state index in [0.29, 0.717) is 11.7 Å². The summed E-state index contributed by atoms with van der Waals surface area (Å²) in [6.07, 6.45) is 5.99. The zero-order valence-electron chi connectivity index (χ0n) is 16.7. The molecule has 1 atom stereocenters. The first kappa shape index (κ1) is 23.4. The van der Waals surface area contributed by atoms with Gasteiger partial charge in [-0.1, -0.05) is 23.4 Å². The third kappa shape index (κ3) is 5.41. The molecule has 7 nitrogen and oxygen atoms in total. The van der Waals surface area contributed by atoms with Gasteiger partial charge in [-0.25, -0.2) is 4.68 Å². The summed E-state index contributed by atoms with van der Waals surface area (Å²) >= 11 is 0. The maximum atomic E-state index is 13.0. The van der Waals surface area contributed by atoms with Gasteiger partial charge in [-0.05, 0) is 50.9 Å². The minimum absolute atomic E-state index is 0. The first-order valence-electron chi connectivity index (χ1n) is 9.92. The van der Waals surface area contributed by atoms with Crippen molar-refractivity contribution >= 4 is 36.4 Å². The van der Waals surface area contributed by atoms with Gasteiger partial charge in [0.15, 0.2) is 5.69 Å². The number of carbonyl (C=O) groups is 1. The third-order valence-corrected chi connectivity index (χ3v) is 5.80. The van der Waals surface area contributed by atoms with Gasteiger partial charge in [0.1, 0.15) is 0 Å². The smallest absolute Gasteiger partial charge is 0.276 e. The second kappa shape index (κ2) is 10.8. The summed E-state index contributed by atoms with van der Waals surface area (Å²) in [5, 5.41) is 11.8. The number of aromatic nitrogens is 3. The number of anilines is 1. The quantitative estimate of drug-likeness (QED) is 0.791. The van der Waals surface area contributed by atoms with Gasteiger partial charge in [0.05, 0.1) is 12.2 Å². The van der Waals surface area contributed by atoms with E-state index < -0.39 is 0 Å². The van der Waals surface area contributed by atoms with Crippen LogP contribution in [0, 0.1) is 0 Å². The van der Waals surface area contributed by atoms with Crippen molar-refractivity contribution in [3.8, 4) is 0 Å². The molecule has 29 heavy (non-hydrogen) atoms. The van der Waals surface area contributed by atoms with Crippen LogP contribution in [-0.2, 0) is 0 Å². The van der Waals surface area contributed by atoms with Crippen molar-refractivity contribution in [1.82, 2.24) is 25.2 Å². The molecular formula is C20H30Cl2N6O. The minimum Gasteiger partial charge on any atom is -0.369 e. The molecule has 2 aromatic rings. The van der Waals surface area contributed by atoms with E-state index in [4.69, 9.17) is 0 Å². The van der Waals surface area contributed by atoms with E-state index in [9.17, 15) is 4.79 Å². The number of rotatable bonds is 4. The van der Waals surface area contributed by atoms with E-state index in [2.05, 4.69) is 44.8 Å². The zero-order valence-corrected chi connectivity index (χ0v) is 18.4. The van der Waals surface area contributed by atoms with Crippen molar-refractivity contribution in [2.75, 3.05) is 38.1 Å². The van der Waals surface area contributed by atoms with Gasteiger partial charge < -0.3 is 15.1 Å². The van der Waals surface area contributed by atoms with Crippen LogP contribution in [0.15, 0.2) is 36.5 Å². The molecule has 0 aliphatic carbocycles. The number of piperidine rings is 2. The highest BCUT2D eigenvalue weighted by Gasteiger charge is 2.28. The summed E-state index contributed by atoms with van der Waals surface area (Å²) in [7, 11) is 1.89. The Morgan fingerprint density at radius 1 is 1.14 bits per heavy atom. The fourth-order valence-corrected chi connectivity index (χ4v) is 4.12. The van der Waals surface area contributed by atoms with Crippen molar-refractivity contribution in [2.24, 2.45) is 0 Å². The summed E-state index contributed by atoms with van der Waals surface area (Å²) in [5.41, 5.74) is 1.67. The molecule has 0 spiro atoms. The Hall–Kier alpha value is -1.83. The molecule has 3 heterocycles. The number of nitrogens with zero attached hydrogens (tertiary/aromatic N) is 5. The second-order valence-corrected chi connectivity index (χ2v) is 7.56. The van der Waals surface area contributed by atoms with Gasteiger partial charge in [0.2, 0.25) is 0 Å². The van der Waals surface area contributed by atoms with Gasteiger partial charge in [0.25, 0.3) is 5.91 Å². The Kier molecular flexibility index (Phi) is 8.74. The average Bonchev–Trinajstić information content (AvgIpc) is 3.24. The van der Waals surface area contributed by atoms with Crippen LogP contribution in [0.2, 0.25) is 0 Å². The van der Waals surface area contributed by atoms with Gasteiger partial charge in [-0.2, -0.15) is 0 Å². The fraction of sp³-hybridized carbons (Fsp3) is 0.550. The molecule has 2 fully saturated rings. The van der Waals surface area contributed by atoms with Crippen LogP contribution in [0.1, 0.15) is 42.2 Å². The number of amides is 1. The van der Waals surface area contributed by atoms with Crippen LogP contribution in [0.4, 0.5) is 5.69 Å². The molecule has 1 aromatic carbocycles. The van der Waals surface area contributed by atoms with Gasteiger partial charge in [-0.3, -0.25) is 4.79 Å². The number of nitrogens with one attached hydrogen (secondary N) is 1. The summed E-state index contributed by atoms with van der Waals surface area (Å²) in [5.74, 6) is -0.0323. The summed E-state index contributed by atoms with van der Waals surface area (Å²) in [4.78, 5) is 17.2. The Morgan fingerprint density at radius 3 is 2.59 bits per heavy atom. The van der Waals surface area contributed by atoms with E-state index in [-0.39, 0.29) is 36.8 Å². The molecule has 0 bridgehead atoms. The first-order valence-corrected chi connectivity index (χ1v) is 9.92. The summed E-state index contributed by atoms with van der Waals surface area (Å²) < 4.78 is 1.87. The van der Waals surface area contributed by atoms with Crippen molar-refractivity contribution in [3.63, 3.8) is 0 Å². The maximum Gasteiger partial charge on any atom is 0.276 e. The number of halogens is 2. The number of para-hydroxylation sites is 1. The summed E-state index contributed by atoms with van der Waals surface area (Å²) in [6.45, 7) is 3.87. The third-order valence-electron chi connectivity index (χ3n) is 5.80. The normalized spacial score (nSPS) is 19.8. The molecule has 2 saturated heterocycles. The van der Waals surface area contributed by atoms with Crippen molar-refractivity contribution in [1.29, 1.82) is 0 Å². The number of benzene rings is 1. The van der Waals surface area contributed by atoms with Crippen LogP contribution in [-0.4, -0.2) is 65.1 Å². The molecule has 1 amide bonds. The molecular weight excluding hydrogens is 411 g/mol. The Bertz CT molecular complexity index is 765. The minimum atomic E-state index is -0.0323. The van der Waals surface area contributed by atoms with E-state index in [1.54, 1.807) is 0 Å². The molecule has 0 radical (unpaired) electrons. The maximum absolute atomic E-state index is 13.0. The lowest BCUT2D eigenvalue weighted by Crippen LogP contribution is -2.48. The van der Waals surface area contributed by atoms with E-state index in [1.807, 2.05) is 28.9 Å². The van der Waals surface area contributed by atoms with Crippen molar-refractivity contribution in [3.05, 3.63) is 42.2 Å². The van der Waals surface area contributed by atoms with E-state index in [0.717, 1.165) is 51.9 Å². The fourth-order valence-electron chi connectivity index (χ4n) is 4.12. The molecule has 1 unspecified atom stereocenters. The molecule has 1 N–H and O–H groups in total. The van der Waals surface area contributed by atoms with Crippen molar-refractivity contribution in [2.45, 2.75) is 37.8 Å². The van der Waals surface area contributed by atoms with E-state index in [1.165, 1.54) is 5.69 Å². The molecule has 4 rings (SSSR count). The number of hydrogen-bond donors (Lipinski definition) is 1. The van der Waals surface area contributed by atoms with Crippen LogP contribution in [0.3, 0.4) is 0 Å². The van der Waals surface area contributed by atoms with Crippen molar-refractivity contribution < 1.29 is 4.79 Å². The van der Waals surface area contributed by atoms with Crippen LogP contribution < -0.4 is 10.2 Å². The SMILES string of the molecule is CN(C(=O)c1cn(C2CCNCC2)nn1)C1CCCN(c2ccccc2)C1.Cl.Cl. The van der Waals surface area contributed by atoms with Gasteiger partial charge in [0, 0.05) is 31.9 Å². The lowest BCUT2D eigenvalue weighted by atomic mass is 10.0. The second-order valence-electron chi connectivity index (χ2n) is 7.56. The molecule has 9 heteroatoms. The Morgan fingerprint density at radius 2 is 1.86 bits per heavy atom. The lowest BCUT2D eigenvalue weighted by Gasteiger charge is -2.38. The molecule has 0 saturated carbocycles. The van der Waals surface area contributed by atoms with Gasteiger partial charge in [-0.15, -0.1) is 29.9 Å². The predicted molar refractivity (Wildman–Crippen MR) is 119 cm³/mol. The molecule has 1 aromatic heterocycles. The molecule has 160 valence electrons.